The quantitative estimate of drug-likeness (QED) is 0.653. The molecule has 3 rings (SSSR count). The predicted molar refractivity (Wildman–Crippen MR) is 77.2 cm³/mol. The second-order valence-corrected chi connectivity index (χ2v) is 7.45. The summed E-state index contributed by atoms with van der Waals surface area (Å²) in [4.78, 5) is 10.5. The SMILES string of the molecule is O=[N+]([O-])c1ccccc1CS(=O)(=O)N1CC[C@H]2CNC[C@H]21. The van der Waals surface area contributed by atoms with Gasteiger partial charge < -0.3 is 5.32 Å². The van der Waals surface area contributed by atoms with Crippen LogP contribution in [0.3, 0.4) is 0 Å². The maximum Gasteiger partial charge on any atom is 0.273 e. The Labute approximate surface area is 123 Å². The minimum Gasteiger partial charge on any atom is -0.315 e. The molecule has 1 N–H and O–H groups in total. The molecule has 7 nitrogen and oxygen atoms in total. The van der Waals surface area contributed by atoms with E-state index in [2.05, 4.69) is 5.32 Å². The lowest BCUT2D eigenvalue weighted by Crippen LogP contribution is -2.39. The highest BCUT2D eigenvalue weighted by Gasteiger charge is 2.43. The number of hydrogen-bond donors (Lipinski definition) is 1. The molecule has 0 unspecified atom stereocenters. The Morgan fingerprint density at radius 1 is 1.33 bits per heavy atom. The van der Waals surface area contributed by atoms with E-state index in [0.717, 1.165) is 13.0 Å². The normalized spacial score (nSPS) is 25.9. The molecule has 2 fully saturated rings. The molecule has 0 aromatic heterocycles. The van der Waals surface area contributed by atoms with Crippen molar-refractivity contribution in [2.75, 3.05) is 19.6 Å². The van der Waals surface area contributed by atoms with Crippen LogP contribution in [-0.2, 0) is 15.8 Å². The van der Waals surface area contributed by atoms with E-state index < -0.39 is 14.9 Å². The fourth-order valence-corrected chi connectivity index (χ4v) is 5.09. The van der Waals surface area contributed by atoms with Gasteiger partial charge in [0, 0.05) is 30.8 Å². The van der Waals surface area contributed by atoms with Gasteiger partial charge in [-0.05, 0) is 18.9 Å². The van der Waals surface area contributed by atoms with Gasteiger partial charge in [0.25, 0.3) is 5.69 Å². The van der Waals surface area contributed by atoms with Crippen molar-refractivity contribution < 1.29 is 13.3 Å². The van der Waals surface area contributed by atoms with Gasteiger partial charge in [0.05, 0.1) is 10.7 Å². The van der Waals surface area contributed by atoms with Crippen molar-refractivity contribution in [3.63, 3.8) is 0 Å². The molecule has 0 aliphatic carbocycles. The molecular formula is C13H17N3O4S. The van der Waals surface area contributed by atoms with Crippen molar-refractivity contribution in [1.82, 2.24) is 9.62 Å². The van der Waals surface area contributed by atoms with Crippen molar-refractivity contribution in [3.05, 3.63) is 39.9 Å². The van der Waals surface area contributed by atoms with Gasteiger partial charge in [0.2, 0.25) is 10.0 Å². The van der Waals surface area contributed by atoms with Gasteiger partial charge in [0.15, 0.2) is 0 Å². The van der Waals surface area contributed by atoms with E-state index >= 15 is 0 Å². The largest absolute Gasteiger partial charge is 0.315 e. The van der Waals surface area contributed by atoms with E-state index in [0.29, 0.717) is 19.0 Å². The second kappa shape index (κ2) is 5.36. The van der Waals surface area contributed by atoms with Gasteiger partial charge in [-0.3, -0.25) is 10.1 Å². The topological polar surface area (TPSA) is 92.5 Å². The summed E-state index contributed by atoms with van der Waals surface area (Å²) < 4.78 is 26.7. The lowest BCUT2D eigenvalue weighted by Gasteiger charge is -2.22. The Morgan fingerprint density at radius 2 is 2.10 bits per heavy atom. The Hall–Kier alpha value is -1.51. The van der Waals surface area contributed by atoms with Crippen LogP contribution in [0, 0.1) is 16.0 Å². The Morgan fingerprint density at radius 3 is 2.86 bits per heavy atom. The first-order chi connectivity index (χ1) is 9.99. The van der Waals surface area contributed by atoms with Crippen LogP contribution in [0.1, 0.15) is 12.0 Å². The zero-order valence-electron chi connectivity index (χ0n) is 11.4. The first-order valence-electron chi connectivity index (χ1n) is 6.91. The van der Waals surface area contributed by atoms with Crippen molar-refractivity contribution in [2.45, 2.75) is 18.2 Å². The molecule has 1 aromatic rings. The molecule has 1 aromatic carbocycles. The lowest BCUT2D eigenvalue weighted by molar-refractivity contribution is -0.385. The Balaban J connectivity index is 1.85. The molecule has 2 saturated heterocycles. The summed E-state index contributed by atoms with van der Waals surface area (Å²) >= 11 is 0. The molecule has 0 bridgehead atoms. The van der Waals surface area contributed by atoms with Crippen molar-refractivity contribution in [1.29, 1.82) is 0 Å². The van der Waals surface area contributed by atoms with Crippen LogP contribution in [0.15, 0.2) is 24.3 Å². The fraction of sp³-hybridized carbons (Fsp3) is 0.538. The third-order valence-electron chi connectivity index (χ3n) is 4.28. The van der Waals surface area contributed by atoms with E-state index in [-0.39, 0.29) is 23.0 Å². The number of nitro benzene ring substituents is 1. The van der Waals surface area contributed by atoms with Gasteiger partial charge in [0.1, 0.15) is 0 Å². The minimum absolute atomic E-state index is 0.00207. The van der Waals surface area contributed by atoms with E-state index in [1.54, 1.807) is 12.1 Å². The summed E-state index contributed by atoms with van der Waals surface area (Å²) in [6.45, 7) is 2.03. The lowest BCUT2D eigenvalue weighted by atomic mass is 10.1. The van der Waals surface area contributed by atoms with Gasteiger partial charge in [-0.25, -0.2) is 8.42 Å². The number of nitrogens with zero attached hydrogens (tertiary/aromatic N) is 2. The Kier molecular flexibility index (Phi) is 3.68. The van der Waals surface area contributed by atoms with Crippen LogP contribution in [0.4, 0.5) is 5.69 Å². The van der Waals surface area contributed by atoms with Crippen molar-refractivity contribution in [3.8, 4) is 0 Å². The summed E-state index contributed by atoms with van der Waals surface area (Å²) in [5.41, 5.74) is 0.110. The highest BCUT2D eigenvalue weighted by Crippen LogP contribution is 2.31. The maximum absolute atomic E-state index is 12.6. The van der Waals surface area contributed by atoms with Crippen LogP contribution < -0.4 is 5.32 Å². The number of para-hydroxylation sites is 1. The minimum atomic E-state index is -3.53. The van der Waals surface area contributed by atoms with Crippen LogP contribution in [-0.4, -0.2) is 43.3 Å². The molecule has 8 heteroatoms. The smallest absolute Gasteiger partial charge is 0.273 e. The summed E-state index contributed by atoms with van der Waals surface area (Å²) in [5.74, 6) is 0.0541. The molecule has 0 saturated carbocycles. The molecule has 21 heavy (non-hydrogen) atoms. The Bertz CT molecular complexity index is 661. The third-order valence-corrected chi connectivity index (χ3v) is 6.12. The summed E-state index contributed by atoms with van der Waals surface area (Å²) in [6.07, 6.45) is 0.855. The zero-order valence-corrected chi connectivity index (χ0v) is 12.3. The molecule has 2 heterocycles. The predicted octanol–water partition coefficient (Wildman–Crippen LogP) is 0.718. The number of fused-ring (bicyclic) bond motifs is 1. The first-order valence-corrected chi connectivity index (χ1v) is 8.52. The van der Waals surface area contributed by atoms with Gasteiger partial charge in [-0.2, -0.15) is 4.31 Å². The van der Waals surface area contributed by atoms with E-state index in [9.17, 15) is 18.5 Å². The van der Waals surface area contributed by atoms with Crippen LogP contribution >= 0.6 is 0 Å². The first kappa shape index (κ1) is 14.4. The third kappa shape index (κ3) is 2.66. The number of nitro groups is 1. The number of sulfonamides is 1. The van der Waals surface area contributed by atoms with Crippen LogP contribution in [0.5, 0.6) is 0 Å². The molecule has 0 amide bonds. The van der Waals surface area contributed by atoms with Crippen molar-refractivity contribution >= 4 is 15.7 Å². The van der Waals surface area contributed by atoms with Crippen LogP contribution in [0.2, 0.25) is 0 Å². The summed E-state index contributed by atoms with van der Waals surface area (Å²) in [6, 6.07) is 6.02. The highest BCUT2D eigenvalue weighted by atomic mass is 32.2. The molecular weight excluding hydrogens is 294 g/mol. The molecule has 114 valence electrons. The zero-order chi connectivity index (χ0) is 15.0. The van der Waals surface area contributed by atoms with E-state index in [1.807, 2.05) is 0 Å². The molecule has 2 aliphatic heterocycles. The molecule has 0 spiro atoms. The number of hydrogen-bond acceptors (Lipinski definition) is 5. The van der Waals surface area contributed by atoms with Gasteiger partial charge in [-0.1, -0.05) is 18.2 Å². The summed E-state index contributed by atoms with van der Waals surface area (Å²) in [5, 5.41) is 14.2. The van der Waals surface area contributed by atoms with Gasteiger partial charge >= 0.3 is 0 Å². The summed E-state index contributed by atoms with van der Waals surface area (Å²) in [7, 11) is -3.53. The van der Waals surface area contributed by atoms with E-state index in [1.165, 1.54) is 16.4 Å². The fourth-order valence-electron chi connectivity index (χ4n) is 3.25. The monoisotopic (exact) mass is 311 g/mol. The van der Waals surface area contributed by atoms with Crippen LogP contribution in [0.25, 0.3) is 0 Å². The number of rotatable bonds is 4. The maximum atomic E-state index is 12.6. The van der Waals surface area contributed by atoms with Crippen molar-refractivity contribution in [2.24, 2.45) is 5.92 Å². The van der Waals surface area contributed by atoms with E-state index in [4.69, 9.17) is 0 Å². The highest BCUT2D eigenvalue weighted by molar-refractivity contribution is 7.88. The number of benzene rings is 1. The molecule has 2 atom stereocenters. The average molecular weight is 311 g/mol. The number of nitrogens with one attached hydrogen (secondary N) is 1. The molecule has 2 aliphatic rings. The standard InChI is InChI=1S/C13H17N3O4S/c17-16(18)12-4-2-1-3-11(12)9-21(19,20)15-6-5-10-7-14-8-13(10)15/h1-4,10,13-14H,5-9H2/t10-,13+/m0/s1. The molecule has 0 radical (unpaired) electrons. The second-order valence-electron chi connectivity index (χ2n) is 5.53. The average Bonchev–Trinajstić information content (AvgIpc) is 3.00. The van der Waals surface area contributed by atoms with Gasteiger partial charge in [-0.15, -0.1) is 0 Å².